The van der Waals surface area contributed by atoms with E-state index in [4.69, 9.17) is 0 Å². The van der Waals surface area contributed by atoms with Gasteiger partial charge >= 0.3 is 0 Å². The van der Waals surface area contributed by atoms with Crippen LogP contribution >= 0.6 is 0 Å². The lowest BCUT2D eigenvalue weighted by Gasteiger charge is -2.11. The van der Waals surface area contributed by atoms with Gasteiger partial charge in [-0.2, -0.15) is 0 Å². The molecule has 1 unspecified atom stereocenters. The van der Waals surface area contributed by atoms with Crippen LogP contribution in [0.1, 0.15) is 18.5 Å². The maximum atomic E-state index is 12.1. The van der Waals surface area contributed by atoms with Gasteiger partial charge in [-0.05, 0) is 44.5 Å². The van der Waals surface area contributed by atoms with Gasteiger partial charge in [-0.15, -0.1) is 0 Å². The lowest BCUT2D eigenvalue weighted by molar-refractivity contribution is -0.116. The number of carbonyl (C=O) groups excluding carboxylic acids is 1. The minimum absolute atomic E-state index is 0.0782. The van der Waals surface area contributed by atoms with Gasteiger partial charge in [-0.1, -0.05) is 18.2 Å². The van der Waals surface area contributed by atoms with Gasteiger partial charge in [-0.3, -0.25) is 9.78 Å². The molecule has 1 aromatic carbocycles. The number of anilines is 1. The van der Waals surface area contributed by atoms with E-state index in [-0.39, 0.29) is 5.91 Å². The fourth-order valence-corrected chi connectivity index (χ4v) is 2.70. The highest BCUT2D eigenvalue weighted by atomic mass is 16.1. The van der Waals surface area contributed by atoms with Gasteiger partial charge in [0, 0.05) is 17.5 Å². The Morgan fingerprint density at radius 3 is 3.10 bits per heavy atom. The first-order chi connectivity index (χ1) is 9.72. The minimum Gasteiger partial charge on any atom is -0.324 e. The standard InChI is InChI=1S/C16H19N3O/c1-11-5-6-13-3-2-4-14(16(13)18-11)19-15(20)9-12-7-8-17-10-12/h2-6,12,17H,7-10H2,1H3,(H,19,20). The number of aromatic nitrogens is 1. The Morgan fingerprint density at radius 2 is 2.30 bits per heavy atom. The lowest BCUT2D eigenvalue weighted by Crippen LogP contribution is -2.18. The largest absolute Gasteiger partial charge is 0.324 e. The molecule has 3 rings (SSSR count). The summed E-state index contributed by atoms with van der Waals surface area (Å²) in [6.45, 7) is 3.93. The Hall–Kier alpha value is -1.94. The number of benzene rings is 1. The fraction of sp³-hybridized carbons (Fsp3) is 0.375. The number of aryl methyl sites for hydroxylation is 1. The highest BCUT2D eigenvalue weighted by Crippen LogP contribution is 2.22. The molecule has 1 aromatic heterocycles. The molecule has 0 bridgehead atoms. The maximum Gasteiger partial charge on any atom is 0.224 e. The van der Waals surface area contributed by atoms with E-state index < -0.39 is 0 Å². The van der Waals surface area contributed by atoms with E-state index >= 15 is 0 Å². The van der Waals surface area contributed by atoms with Crippen LogP contribution in [0.4, 0.5) is 5.69 Å². The Balaban J connectivity index is 1.79. The number of hydrogen-bond acceptors (Lipinski definition) is 3. The molecule has 1 aliphatic heterocycles. The van der Waals surface area contributed by atoms with Crippen molar-refractivity contribution in [1.29, 1.82) is 0 Å². The third-order valence-corrected chi connectivity index (χ3v) is 3.77. The summed E-state index contributed by atoms with van der Waals surface area (Å²) in [5.74, 6) is 0.536. The van der Waals surface area contributed by atoms with E-state index in [9.17, 15) is 4.79 Å². The molecule has 4 nitrogen and oxygen atoms in total. The number of nitrogens with zero attached hydrogens (tertiary/aromatic N) is 1. The molecule has 0 aliphatic carbocycles. The van der Waals surface area contributed by atoms with Crippen LogP contribution in [0.2, 0.25) is 0 Å². The van der Waals surface area contributed by atoms with Crippen LogP contribution in [0.5, 0.6) is 0 Å². The molecule has 4 heteroatoms. The number of para-hydroxylation sites is 1. The van der Waals surface area contributed by atoms with Crippen LogP contribution in [-0.2, 0) is 4.79 Å². The smallest absolute Gasteiger partial charge is 0.224 e. The van der Waals surface area contributed by atoms with Gasteiger partial charge in [0.25, 0.3) is 0 Å². The first-order valence-electron chi connectivity index (χ1n) is 7.09. The van der Waals surface area contributed by atoms with Crippen molar-refractivity contribution in [2.24, 2.45) is 5.92 Å². The zero-order valence-corrected chi connectivity index (χ0v) is 11.6. The van der Waals surface area contributed by atoms with E-state index in [0.29, 0.717) is 12.3 Å². The fourth-order valence-electron chi connectivity index (χ4n) is 2.70. The van der Waals surface area contributed by atoms with E-state index in [1.807, 2.05) is 37.3 Å². The molecule has 2 N–H and O–H groups in total. The SMILES string of the molecule is Cc1ccc2cccc(NC(=O)CC3CCNC3)c2n1. The number of amides is 1. The molecule has 2 aromatic rings. The summed E-state index contributed by atoms with van der Waals surface area (Å²) < 4.78 is 0. The molecular weight excluding hydrogens is 250 g/mol. The topological polar surface area (TPSA) is 54.0 Å². The quantitative estimate of drug-likeness (QED) is 0.900. The van der Waals surface area contributed by atoms with Crippen molar-refractivity contribution < 1.29 is 4.79 Å². The summed E-state index contributed by atoms with van der Waals surface area (Å²) >= 11 is 0. The van der Waals surface area contributed by atoms with Crippen LogP contribution in [0, 0.1) is 12.8 Å². The van der Waals surface area contributed by atoms with Crippen molar-refractivity contribution in [1.82, 2.24) is 10.3 Å². The van der Waals surface area contributed by atoms with Gasteiger partial charge in [0.15, 0.2) is 0 Å². The molecule has 1 atom stereocenters. The average Bonchev–Trinajstić information content (AvgIpc) is 2.92. The van der Waals surface area contributed by atoms with E-state index in [2.05, 4.69) is 15.6 Å². The normalized spacial score (nSPS) is 18.4. The summed E-state index contributed by atoms with van der Waals surface area (Å²) in [7, 11) is 0. The predicted octanol–water partition coefficient (Wildman–Crippen LogP) is 2.48. The van der Waals surface area contributed by atoms with Gasteiger partial charge in [-0.25, -0.2) is 0 Å². The second kappa shape index (κ2) is 5.59. The van der Waals surface area contributed by atoms with E-state index in [0.717, 1.165) is 41.8 Å². The van der Waals surface area contributed by atoms with Crippen LogP contribution in [0.3, 0.4) is 0 Å². The van der Waals surface area contributed by atoms with Crippen LogP contribution in [-0.4, -0.2) is 24.0 Å². The Labute approximate surface area is 118 Å². The maximum absolute atomic E-state index is 12.1. The Morgan fingerprint density at radius 1 is 1.40 bits per heavy atom. The second-order valence-electron chi connectivity index (χ2n) is 5.44. The summed E-state index contributed by atoms with van der Waals surface area (Å²) in [5, 5.41) is 7.35. The third kappa shape index (κ3) is 2.80. The lowest BCUT2D eigenvalue weighted by atomic mass is 10.0. The molecule has 2 heterocycles. The first-order valence-corrected chi connectivity index (χ1v) is 7.09. The second-order valence-corrected chi connectivity index (χ2v) is 5.44. The van der Waals surface area contributed by atoms with Crippen molar-refractivity contribution in [3.8, 4) is 0 Å². The molecule has 1 amide bonds. The van der Waals surface area contributed by atoms with Gasteiger partial charge < -0.3 is 10.6 Å². The molecule has 0 saturated carbocycles. The highest BCUT2D eigenvalue weighted by Gasteiger charge is 2.18. The first kappa shape index (κ1) is 13.1. The number of pyridine rings is 1. The van der Waals surface area contributed by atoms with Crippen LogP contribution < -0.4 is 10.6 Å². The molecule has 1 aliphatic rings. The number of nitrogens with one attached hydrogen (secondary N) is 2. The van der Waals surface area contributed by atoms with Crippen LogP contribution in [0.25, 0.3) is 10.9 Å². The van der Waals surface area contributed by atoms with Crippen molar-refractivity contribution >= 4 is 22.5 Å². The Bertz CT molecular complexity index is 633. The van der Waals surface area contributed by atoms with Gasteiger partial charge in [0.1, 0.15) is 0 Å². The molecule has 20 heavy (non-hydrogen) atoms. The zero-order chi connectivity index (χ0) is 13.9. The number of carbonyl (C=O) groups is 1. The average molecular weight is 269 g/mol. The summed E-state index contributed by atoms with van der Waals surface area (Å²) in [6.07, 6.45) is 1.66. The monoisotopic (exact) mass is 269 g/mol. The molecule has 0 radical (unpaired) electrons. The minimum atomic E-state index is 0.0782. The van der Waals surface area contributed by atoms with Crippen LogP contribution in [0.15, 0.2) is 30.3 Å². The van der Waals surface area contributed by atoms with E-state index in [1.54, 1.807) is 0 Å². The molecule has 1 saturated heterocycles. The van der Waals surface area contributed by atoms with E-state index in [1.165, 1.54) is 0 Å². The summed E-state index contributed by atoms with van der Waals surface area (Å²) in [4.78, 5) is 16.7. The molecular formula is C16H19N3O. The van der Waals surface area contributed by atoms with Crippen molar-refractivity contribution in [2.75, 3.05) is 18.4 Å². The molecule has 104 valence electrons. The third-order valence-electron chi connectivity index (χ3n) is 3.77. The number of rotatable bonds is 3. The predicted molar refractivity (Wildman–Crippen MR) is 80.7 cm³/mol. The van der Waals surface area contributed by atoms with Gasteiger partial charge in [0.2, 0.25) is 5.91 Å². The van der Waals surface area contributed by atoms with Gasteiger partial charge in [0.05, 0.1) is 11.2 Å². The highest BCUT2D eigenvalue weighted by molar-refractivity contribution is 6.00. The summed E-state index contributed by atoms with van der Waals surface area (Å²) in [5.41, 5.74) is 2.63. The molecule has 1 fully saturated rings. The van der Waals surface area contributed by atoms with Crippen molar-refractivity contribution in [3.63, 3.8) is 0 Å². The zero-order valence-electron chi connectivity index (χ0n) is 11.6. The van der Waals surface area contributed by atoms with Crippen molar-refractivity contribution in [2.45, 2.75) is 19.8 Å². The molecule has 0 spiro atoms. The summed E-state index contributed by atoms with van der Waals surface area (Å²) in [6, 6.07) is 9.90. The van der Waals surface area contributed by atoms with Crippen molar-refractivity contribution in [3.05, 3.63) is 36.0 Å². The number of hydrogen-bond donors (Lipinski definition) is 2. The Kier molecular flexibility index (Phi) is 3.65. The number of fused-ring (bicyclic) bond motifs is 1.